The number of carbonyl (C=O) groups is 1. The SMILES string of the molecule is CC1NCCCC1NC(=O)c1cccc(S(=O)(=O)Nc2ccc(F)cc2)c1. The molecule has 1 aliphatic heterocycles. The largest absolute Gasteiger partial charge is 0.348 e. The Hall–Kier alpha value is -2.45. The van der Waals surface area contributed by atoms with Gasteiger partial charge in [-0.15, -0.1) is 0 Å². The van der Waals surface area contributed by atoms with E-state index in [4.69, 9.17) is 0 Å². The summed E-state index contributed by atoms with van der Waals surface area (Å²) in [4.78, 5) is 12.5. The summed E-state index contributed by atoms with van der Waals surface area (Å²) in [5.74, 6) is -0.766. The number of hydrogen-bond acceptors (Lipinski definition) is 4. The molecule has 0 aromatic heterocycles. The Bertz CT molecular complexity index is 916. The molecule has 0 saturated carbocycles. The lowest BCUT2D eigenvalue weighted by atomic mass is 9.99. The highest BCUT2D eigenvalue weighted by Crippen LogP contribution is 2.18. The summed E-state index contributed by atoms with van der Waals surface area (Å²) in [7, 11) is -3.89. The fourth-order valence-electron chi connectivity index (χ4n) is 3.03. The van der Waals surface area contributed by atoms with Crippen molar-refractivity contribution in [3.05, 3.63) is 59.9 Å². The fourth-order valence-corrected chi connectivity index (χ4v) is 4.13. The van der Waals surface area contributed by atoms with Crippen LogP contribution in [-0.2, 0) is 10.0 Å². The van der Waals surface area contributed by atoms with Gasteiger partial charge in [-0.2, -0.15) is 0 Å². The molecular weight excluding hydrogens is 369 g/mol. The Morgan fingerprint density at radius 2 is 1.93 bits per heavy atom. The number of amides is 1. The van der Waals surface area contributed by atoms with E-state index in [1.54, 1.807) is 6.07 Å². The minimum Gasteiger partial charge on any atom is -0.348 e. The van der Waals surface area contributed by atoms with Crippen LogP contribution in [0.2, 0.25) is 0 Å². The van der Waals surface area contributed by atoms with Crippen molar-refractivity contribution in [2.45, 2.75) is 36.7 Å². The molecule has 2 aromatic rings. The zero-order chi connectivity index (χ0) is 19.4. The lowest BCUT2D eigenvalue weighted by Gasteiger charge is -2.30. The van der Waals surface area contributed by atoms with E-state index >= 15 is 0 Å². The molecule has 0 aliphatic carbocycles. The Morgan fingerprint density at radius 3 is 2.63 bits per heavy atom. The molecule has 1 aliphatic rings. The van der Waals surface area contributed by atoms with E-state index in [2.05, 4.69) is 15.4 Å². The highest BCUT2D eigenvalue weighted by Gasteiger charge is 2.23. The molecule has 2 aromatic carbocycles. The van der Waals surface area contributed by atoms with E-state index in [1.165, 1.54) is 42.5 Å². The number of rotatable bonds is 5. The number of carbonyl (C=O) groups excluding carboxylic acids is 1. The smallest absolute Gasteiger partial charge is 0.261 e. The Labute approximate surface area is 158 Å². The third kappa shape index (κ3) is 4.84. The molecular formula is C19H22FN3O3S. The van der Waals surface area contributed by atoms with E-state index in [0.717, 1.165) is 19.4 Å². The molecule has 144 valence electrons. The second-order valence-corrected chi connectivity index (χ2v) is 8.29. The Morgan fingerprint density at radius 1 is 1.19 bits per heavy atom. The first kappa shape index (κ1) is 19.3. The van der Waals surface area contributed by atoms with Crippen LogP contribution < -0.4 is 15.4 Å². The molecule has 3 rings (SSSR count). The van der Waals surface area contributed by atoms with Crippen molar-refractivity contribution in [2.24, 2.45) is 0 Å². The topological polar surface area (TPSA) is 87.3 Å². The molecule has 8 heteroatoms. The van der Waals surface area contributed by atoms with Gasteiger partial charge in [0.05, 0.1) is 4.90 Å². The van der Waals surface area contributed by atoms with Gasteiger partial charge in [-0.25, -0.2) is 12.8 Å². The normalized spacial score (nSPS) is 20.1. The molecule has 1 amide bonds. The summed E-state index contributed by atoms with van der Waals surface area (Å²) >= 11 is 0. The van der Waals surface area contributed by atoms with Crippen molar-refractivity contribution in [1.29, 1.82) is 0 Å². The predicted octanol–water partition coefficient (Wildman–Crippen LogP) is 2.50. The number of halogens is 1. The minimum atomic E-state index is -3.89. The molecule has 0 spiro atoms. The average Bonchev–Trinajstić information content (AvgIpc) is 2.65. The van der Waals surface area contributed by atoms with E-state index in [9.17, 15) is 17.6 Å². The van der Waals surface area contributed by atoms with Crippen LogP contribution in [0.3, 0.4) is 0 Å². The van der Waals surface area contributed by atoms with E-state index in [1.807, 2.05) is 6.92 Å². The van der Waals surface area contributed by atoms with Crippen molar-refractivity contribution in [2.75, 3.05) is 11.3 Å². The van der Waals surface area contributed by atoms with Crippen molar-refractivity contribution in [3.63, 3.8) is 0 Å². The lowest BCUT2D eigenvalue weighted by Crippen LogP contribution is -2.51. The maximum absolute atomic E-state index is 13.0. The van der Waals surface area contributed by atoms with Crippen LogP contribution in [-0.4, -0.2) is 33.0 Å². The number of hydrogen-bond donors (Lipinski definition) is 3. The van der Waals surface area contributed by atoms with Gasteiger partial charge in [-0.1, -0.05) is 6.07 Å². The van der Waals surface area contributed by atoms with E-state index < -0.39 is 15.8 Å². The van der Waals surface area contributed by atoms with Gasteiger partial charge in [0.15, 0.2) is 0 Å². The second kappa shape index (κ2) is 8.06. The molecule has 0 radical (unpaired) electrons. The van der Waals surface area contributed by atoms with Gasteiger partial charge < -0.3 is 10.6 Å². The predicted molar refractivity (Wildman–Crippen MR) is 102 cm³/mol. The minimum absolute atomic E-state index is 0.00357. The summed E-state index contributed by atoms with van der Waals surface area (Å²) in [6.45, 7) is 2.94. The van der Waals surface area contributed by atoms with Crippen LogP contribution in [0.5, 0.6) is 0 Å². The zero-order valence-electron chi connectivity index (χ0n) is 14.9. The van der Waals surface area contributed by atoms with Crippen LogP contribution in [0.15, 0.2) is 53.4 Å². The Kier molecular flexibility index (Phi) is 5.76. The quantitative estimate of drug-likeness (QED) is 0.731. The first-order valence-corrected chi connectivity index (χ1v) is 10.3. The first-order chi connectivity index (χ1) is 12.8. The highest BCUT2D eigenvalue weighted by atomic mass is 32.2. The molecule has 2 unspecified atom stereocenters. The van der Waals surface area contributed by atoms with Crippen molar-refractivity contribution in [1.82, 2.24) is 10.6 Å². The summed E-state index contributed by atoms with van der Waals surface area (Å²) < 4.78 is 40.5. The molecule has 6 nitrogen and oxygen atoms in total. The maximum Gasteiger partial charge on any atom is 0.261 e. The van der Waals surface area contributed by atoms with Gasteiger partial charge in [0.25, 0.3) is 15.9 Å². The number of nitrogens with one attached hydrogen (secondary N) is 3. The fraction of sp³-hybridized carbons (Fsp3) is 0.316. The summed E-state index contributed by atoms with van der Waals surface area (Å²) in [5, 5.41) is 6.27. The van der Waals surface area contributed by atoms with Gasteiger partial charge in [-0.05, 0) is 68.8 Å². The van der Waals surface area contributed by atoms with Crippen LogP contribution in [0.1, 0.15) is 30.1 Å². The van der Waals surface area contributed by atoms with Crippen LogP contribution >= 0.6 is 0 Å². The van der Waals surface area contributed by atoms with E-state index in [0.29, 0.717) is 0 Å². The summed E-state index contributed by atoms with van der Waals surface area (Å²) in [6.07, 6.45) is 1.86. The lowest BCUT2D eigenvalue weighted by molar-refractivity contribution is 0.0919. The van der Waals surface area contributed by atoms with Gasteiger partial charge >= 0.3 is 0 Å². The van der Waals surface area contributed by atoms with Crippen molar-refractivity contribution >= 4 is 21.6 Å². The van der Waals surface area contributed by atoms with E-state index in [-0.39, 0.29) is 34.1 Å². The number of benzene rings is 2. The standard InChI is InChI=1S/C19H22FN3O3S/c1-13-18(6-3-11-21-13)22-19(24)14-4-2-5-17(12-14)27(25,26)23-16-9-7-15(20)8-10-16/h2,4-5,7-10,12-13,18,21,23H,3,6,11H2,1H3,(H,22,24). The molecule has 3 N–H and O–H groups in total. The number of anilines is 1. The van der Waals surface area contributed by atoms with Gasteiger partial charge in [0.1, 0.15) is 5.82 Å². The molecule has 27 heavy (non-hydrogen) atoms. The molecule has 1 fully saturated rings. The molecule has 1 heterocycles. The maximum atomic E-state index is 13.0. The van der Waals surface area contributed by atoms with Gasteiger partial charge in [0.2, 0.25) is 0 Å². The Balaban J connectivity index is 1.75. The third-order valence-electron chi connectivity index (χ3n) is 4.58. The monoisotopic (exact) mass is 391 g/mol. The van der Waals surface area contributed by atoms with Crippen molar-refractivity contribution in [3.8, 4) is 0 Å². The molecule has 2 atom stereocenters. The number of piperidine rings is 1. The van der Waals surface area contributed by atoms with Gasteiger partial charge in [-0.3, -0.25) is 9.52 Å². The third-order valence-corrected chi connectivity index (χ3v) is 5.96. The second-order valence-electron chi connectivity index (χ2n) is 6.61. The zero-order valence-corrected chi connectivity index (χ0v) is 15.7. The van der Waals surface area contributed by atoms with Crippen LogP contribution in [0.25, 0.3) is 0 Å². The summed E-state index contributed by atoms with van der Waals surface area (Å²) in [6, 6.07) is 11.0. The highest BCUT2D eigenvalue weighted by molar-refractivity contribution is 7.92. The molecule has 0 bridgehead atoms. The molecule has 1 saturated heterocycles. The van der Waals surface area contributed by atoms with Crippen molar-refractivity contribution < 1.29 is 17.6 Å². The average molecular weight is 391 g/mol. The van der Waals surface area contributed by atoms with Crippen LogP contribution in [0, 0.1) is 5.82 Å². The van der Waals surface area contributed by atoms with Gasteiger partial charge in [0, 0.05) is 23.3 Å². The number of sulfonamides is 1. The van der Waals surface area contributed by atoms with Crippen LogP contribution in [0.4, 0.5) is 10.1 Å². The first-order valence-electron chi connectivity index (χ1n) is 8.78. The summed E-state index contributed by atoms with van der Waals surface area (Å²) in [5.41, 5.74) is 0.517.